The van der Waals surface area contributed by atoms with Gasteiger partial charge in [-0.2, -0.15) is 0 Å². The van der Waals surface area contributed by atoms with Crippen molar-refractivity contribution in [2.45, 2.75) is 6.04 Å². The van der Waals surface area contributed by atoms with Gasteiger partial charge in [0, 0.05) is 57.5 Å². The molecule has 7 heteroatoms. The molecule has 1 saturated heterocycles. The van der Waals surface area contributed by atoms with E-state index in [-0.39, 0.29) is 18.6 Å². The first-order valence-electron chi connectivity index (χ1n) is 10.3. The van der Waals surface area contributed by atoms with E-state index in [9.17, 15) is 4.79 Å². The van der Waals surface area contributed by atoms with Crippen molar-refractivity contribution in [3.63, 3.8) is 0 Å². The minimum Gasteiger partial charge on any atom is -0.484 e. The number of rotatable bonds is 8. The largest absolute Gasteiger partial charge is 0.484 e. The lowest BCUT2D eigenvalue weighted by Crippen LogP contribution is -2.48. The van der Waals surface area contributed by atoms with Gasteiger partial charge < -0.3 is 19.9 Å². The first-order valence-corrected chi connectivity index (χ1v) is 10.6. The molecule has 0 bridgehead atoms. The van der Waals surface area contributed by atoms with E-state index in [2.05, 4.69) is 51.3 Å². The molecule has 0 aromatic heterocycles. The molecule has 2 aromatic rings. The molecule has 162 valence electrons. The molecule has 1 aliphatic heterocycles. The molecule has 3 rings (SSSR count). The smallest absolute Gasteiger partial charge is 0.258 e. The Morgan fingerprint density at radius 1 is 1.07 bits per heavy atom. The third-order valence-electron chi connectivity index (χ3n) is 5.45. The summed E-state index contributed by atoms with van der Waals surface area (Å²) in [5, 5.41) is 3.69. The number of ether oxygens (including phenoxy) is 1. The summed E-state index contributed by atoms with van der Waals surface area (Å²) in [5.74, 6) is 0.499. The number of carbonyl (C=O) groups is 1. The number of halogens is 1. The minimum atomic E-state index is -0.131. The van der Waals surface area contributed by atoms with Crippen LogP contribution in [-0.2, 0) is 4.79 Å². The molecule has 1 aliphatic rings. The summed E-state index contributed by atoms with van der Waals surface area (Å²) in [4.78, 5) is 19.3. The van der Waals surface area contributed by atoms with Gasteiger partial charge in [-0.15, -0.1) is 0 Å². The van der Waals surface area contributed by atoms with Crippen molar-refractivity contribution in [2.24, 2.45) is 0 Å². The van der Waals surface area contributed by atoms with Crippen molar-refractivity contribution in [1.82, 2.24) is 15.1 Å². The van der Waals surface area contributed by atoms with Gasteiger partial charge in [0.05, 0.1) is 6.04 Å². The number of amides is 1. The lowest BCUT2D eigenvalue weighted by Gasteiger charge is -2.38. The summed E-state index contributed by atoms with van der Waals surface area (Å²) in [5.41, 5.74) is 2.38. The van der Waals surface area contributed by atoms with Crippen LogP contribution in [0.15, 0.2) is 48.5 Å². The fourth-order valence-electron chi connectivity index (χ4n) is 3.53. The summed E-state index contributed by atoms with van der Waals surface area (Å²) in [6.07, 6.45) is 0. The van der Waals surface area contributed by atoms with Crippen LogP contribution in [0.5, 0.6) is 5.75 Å². The number of nitrogens with zero attached hydrogens (tertiary/aromatic N) is 3. The molecular formula is C23H31ClN4O2. The van der Waals surface area contributed by atoms with Gasteiger partial charge in [-0.25, -0.2) is 0 Å². The van der Waals surface area contributed by atoms with Gasteiger partial charge in [-0.1, -0.05) is 23.7 Å². The lowest BCUT2D eigenvalue weighted by molar-refractivity contribution is -0.123. The predicted octanol–water partition coefficient (Wildman–Crippen LogP) is 2.89. The highest BCUT2D eigenvalue weighted by Crippen LogP contribution is 2.24. The summed E-state index contributed by atoms with van der Waals surface area (Å²) in [7, 11) is 6.22. The van der Waals surface area contributed by atoms with E-state index < -0.39 is 0 Å². The molecule has 0 aliphatic carbocycles. The standard InChI is InChI=1S/C23H31ClN4O2/c1-26(2)20-8-4-18(5-9-20)22(28-14-12-27(3)13-15-28)16-25-23(29)17-30-21-10-6-19(24)7-11-21/h4-11,22H,12-17H2,1-3H3,(H,25,29). The monoisotopic (exact) mass is 430 g/mol. The third kappa shape index (κ3) is 6.36. The minimum absolute atomic E-state index is 0.0172. The second kappa shape index (κ2) is 10.7. The van der Waals surface area contributed by atoms with E-state index >= 15 is 0 Å². The maximum absolute atomic E-state index is 12.4. The molecule has 0 spiro atoms. The summed E-state index contributed by atoms with van der Waals surface area (Å²) >= 11 is 5.88. The van der Waals surface area contributed by atoms with E-state index in [1.807, 2.05) is 14.1 Å². The van der Waals surface area contributed by atoms with Gasteiger partial charge in [0.2, 0.25) is 0 Å². The quantitative estimate of drug-likeness (QED) is 0.697. The van der Waals surface area contributed by atoms with Crippen LogP contribution in [0, 0.1) is 0 Å². The van der Waals surface area contributed by atoms with Gasteiger partial charge in [0.15, 0.2) is 6.61 Å². The molecule has 1 N–H and O–H groups in total. The number of carbonyl (C=O) groups excluding carboxylic acids is 1. The zero-order chi connectivity index (χ0) is 21.5. The Morgan fingerprint density at radius 3 is 2.30 bits per heavy atom. The first-order chi connectivity index (χ1) is 14.4. The average Bonchev–Trinajstić information content (AvgIpc) is 2.75. The molecule has 0 saturated carbocycles. The molecule has 30 heavy (non-hydrogen) atoms. The number of hydrogen-bond donors (Lipinski definition) is 1. The topological polar surface area (TPSA) is 48.1 Å². The molecular weight excluding hydrogens is 400 g/mol. The molecule has 1 unspecified atom stereocenters. The maximum atomic E-state index is 12.4. The molecule has 0 radical (unpaired) electrons. The number of benzene rings is 2. The highest BCUT2D eigenvalue weighted by atomic mass is 35.5. The molecule has 1 fully saturated rings. The average molecular weight is 431 g/mol. The first kappa shape index (κ1) is 22.4. The fourth-order valence-corrected chi connectivity index (χ4v) is 3.65. The Hall–Kier alpha value is -2.28. The second-order valence-corrected chi connectivity index (χ2v) is 8.32. The highest BCUT2D eigenvalue weighted by Gasteiger charge is 2.24. The number of likely N-dealkylation sites (N-methyl/N-ethyl adjacent to an activating group) is 1. The Labute approximate surface area is 184 Å². The van der Waals surface area contributed by atoms with Crippen molar-refractivity contribution in [2.75, 3.05) is 65.4 Å². The number of hydrogen-bond acceptors (Lipinski definition) is 5. The van der Waals surface area contributed by atoms with Crippen molar-refractivity contribution >= 4 is 23.2 Å². The zero-order valence-electron chi connectivity index (χ0n) is 18.0. The SMILES string of the molecule is CN1CCN(C(CNC(=O)COc2ccc(Cl)cc2)c2ccc(N(C)C)cc2)CC1. The van der Waals surface area contributed by atoms with Gasteiger partial charge in [0.25, 0.3) is 5.91 Å². The van der Waals surface area contributed by atoms with Crippen molar-refractivity contribution in [3.8, 4) is 5.75 Å². The van der Waals surface area contributed by atoms with E-state index in [4.69, 9.17) is 16.3 Å². The molecule has 1 heterocycles. The lowest BCUT2D eigenvalue weighted by atomic mass is 10.0. The van der Waals surface area contributed by atoms with E-state index in [1.54, 1.807) is 24.3 Å². The van der Waals surface area contributed by atoms with Crippen LogP contribution in [0.3, 0.4) is 0 Å². The molecule has 1 amide bonds. The second-order valence-electron chi connectivity index (χ2n) is 7.89. The van der Waals surface area contributed by atoms with Crippen LogP contribution in [0.1, 0.15) is 11.6 Å². The number of piperazine rings is 1. The van der Waals surface area contributed by atoms with Crippen molar-refractivity contribution in [3.05, 3.63) is 59.1 Å². The Kier molecular flexibility index (Phi) is 7.96. The Morgan fingerprint density at radius 2 is 1.70 bits per heavy atom. The fraction of sp³-hybridized carbons (Fsp3) is 0.435. The van der Waals surface area contributed by atoms with Gasteiger partial charge >= 0.3 is 0 Å². The van der Waals surface area contributed by atoms with Crippen LogP contribution in [-0.4, -0.2) is 76.2 Å². The summed E-state index contributed by atoms with van der Waals surface area (Å²) in [6.45, 7) is 4.55. The van der Waals surface area contributed by atoms with Crippen LogP contribution in [0.25, 0.3) is 0 Å². The van der Waals surface area contributed by atoms with Crippen molar-refractivity contribution in [1.29, 1.82) is 0 Å². The van der Waals surface area contributed by atoms with Gasteiger partial charge in [0.1, 0.15) is 5.75 Å². The van der Waals surface area contributed by atoms with Crippen LogP contribution in [0.2, 0.25) is 5.02 Å². The van der Waals surface area contributed by atoms with E-state index in [0.29, 0.717) is 17.3 Å². The van der Waals surface area contributed by atoms with Crippen LogP contribution >= 0.6 is 11.6 Å². The Balaban J connectivity index is 1.61. The van der Waals surface area contributed by atoms with E-state index in [0.717, 1.165) is 31.9 Å². The van der Waals surface area contributed by atoms with Gasteiger partial charge in [-0.05, 0) is 49.0 Å². The van der Waals surface area contributed by atoms with Crippen LogP contribution in [0.4, 0.5) is 5.69 Å². The van der Waals surface area contributed by atoms with Crippen LogP contribution < -0.4 is 15.0 Å². The Bertz CT molecular complexity index is 803. The zero-order valence-corrected chi connectivity index (χ0v) is 18.7. The highest BCUT2D eigenvalue weighted by molar-refractivity contribution is 6.30. The van der Waals surface area contributed by atoms with E-state index in [1.165, 1.54) is 5.56 Å². The third-order valence-corrected chi connectivity index (χ3v) is 5.70. The molecule has 1 atom stereocenters. The molecule has 2 aromatic carbocycles. The predicted molar refractivity (Wildman–Crippen MR) is 123 cm³/mol. The molecule has 6 nitrogen and oxygen atoms in total. The summed E-state index contributed by atoms with van der Waals surface area (Å²) < 4.78 is 5.57. The van der Waals surface area contributed by atoms with Gasteiger partial charge in [-0.3, -0.25) is 9.69 Å². The number of anilines is 1. The summed E-state index contributed by atoms with van der Waals surface area (Å²) in [6, 6.07) is 15.7. The maximum Gasteiger partial charge on any atom is 0.258 e. The number of nitrogens with one attached hydrogen (secondary N) is 1. The van der Waals surface area contributed by atoms with Crippen molar-refractivity contribution < 1.29 is 9.53 Å². The normalized spacial score (nSPS) is 16.1.